The Morgan fingerprint density at radius 3 is 1.92 bits per heavy atom. The van der Waals surface area contributed by atoms with Crippen LogP contribution >= 0.6 is 23.2 Å². The van der Waals surface area contributed by atoms with Crippen LogP contribution < -0.4 is 0 Å². The molecular formula is C7H3Cl2F3. The van der Waals surface area contributed by atoms with Crippen LogP contribution in [0.15, 0.2) is 12.1 Å². The summed E-state index contributed by atoms with van der Waals surface area (Å²) in [4.78, 5) is -1.19. The van der Waals surface area contributed by atoms with Gasteiger partial charge in [0, 0.05) is 11.6 Å². The largest absolute Gasteiger partial charge is 0.206 e. The maximum atomic E-state index is 12.7. The van der Waals surface area contributed by atoms with Crippen LogP contribution in [-0.2, 0) is 0 Å². The van der Waals surface area contributed by atoms with Gasteiger partial charge in [0.2, 0.25) is 0 Å². The van der Waals surface area contributed by atoms with Crippen molar-refractivity contribution >= 4 is 23.2 Å². The Labute approximate surface area is 76.9 Å². The molecule has 66 valence electrons. The maximum absolute atomic E-state index is 12.7. The number of hydrogen-bond donors (Lipinski definition) is 0. The third-order valence-electron chi connectivity index (χ3n) is 1.27. The minimum Gasteiger partial charge on any atom is -0.206 e. The third kappa shape index (κ3) is 1.84. The van der Waals surface area contributed by atoms with Gasteiger partial charge in [-0.05, 0) is 6.07 Å². The first-order valence-corrected chi connectivity index (χ1v) is 3.82. The van der Waals surface area contributed by atoms with Crippen molar-refractivity contribution in [1.82, 2.24) is 0 Å². The normalized spacial score (nSPS) is 10.8. The summed E-state index contributed by atoms with van der Waals surface area (Å²) in [6.45, 7) is 0. The minimum absolute atomic E-state index is 0.266. The van der Waals surface area contributed by atoms with Gasteiger partial charge in [-0.2, -0.15) is 0 Å². The Morgan fingerprint density at radius 2 is 1.42 bits per heavy atom. The molecule has 0 aliphatic carbocycles. The van der Waals surface area contributed by atoms with Crippen molar-refractivity contribution in [3.63, 3.8) is 0 Å². The molecule has 1 rings (SSSR count). The molecule has 5 heteroatoms. The Balaban J connectivity index is 3.23. The highest BCUT2D eigenvalue weighted by atomic mass is 35.5. The fraction of sp³-hybridized carbons (Fsp3) is 0.143. The van der Waals surface area contributed by atoms with Crippen molar-refractivity contribution < 1.29 is 13.2 Å². The Morgan fingerprint density at radius 1 is 0.917 bits per heavy atom. The minimum atomic E-state index is -1.26. The average Bonchev–Trinajstić information content (AvgIpc) is 1.96. The van der Waals surface area contributed by atoms with E-state index >= 15 is 0 Å². The molecule has 0 saturated carbocycles. The fourth-order valence-corrected chi connectivity index (χ4v) is 1.04. The molecule has 1 aromatic carbocycles. The fourth-order valence-electron chi connectivity index (χ4n) is 0.705. The zero-order valence-corrected chi connectivity index (χ0v) is 7.13. The van der Waals surface area contributed by atoms with Crippen LogP contribution in [0, 0.1) is 17.5 Å². The molecule has 0 unspecified atom stereocenters. The lowest BCUT2D eigenvalue weighted by Gasteiger charge is -2.03. The highest BCUT2D eigenvalue weighted by Gasteiger charge is 2.14. The monoisotopic (exact) mass is 214 g/mol. The highest BCUT2D eigenvalue weighted by molar-refractivity contribution is 6.44. The van der Waals surface area contributed by atoms with Crippen molar-refractivity contribution in [2.75, 3.05) is 0 Å². The number of alkyl halides is 2. The van der Waals surface area contributed by atoms with Crippen LogP contribution in [-0.4, -0.2) is 0 Å². The molecule has 0 fully saturated rings. The molecule has 1 aromatic rings. The van der Waals surface area contributed by atoms with E-state index in [0.29, 0.717) is 12.1 Å². The summed E-state index contributed by atoms with van der Waals surface area (Å²) in [5, 5.41) is 0. The van der Waals surface area contributed by atoms with Crippen molar-refractivity contribution in [2.45, 2.75) is 4.84 Å². The maximum Gasteiger partial charge on any atom is 0.161 e. The molecule has 0 amide bonds. The molecule has 0 spiro atoms. The van der Waals surface area contributed by atoms with Gasteiger partial charge in [-0.15, -0.1) is 0 Å². The smallest absolute Gasteiger partial charge is 0.161 e. The van der Waals surface area contributed by atoms with Gasteiger partial charge in [-0.1, -0.05) is 23.2 Å². The summed E-state index contributed by atoms with van der Waals surface area (Å²) in [5.74, 6) is -3.38. The molecule has 0 radical (unpaired) electrons. The third-order valence-corrected chi connectivity index (χ3v) is 1.74. The topological polar surface area (TPSA) is 0 Å². The molecule has 0 aliphatic heterocycles. The zero-order valence-electron chi connectivity index (χ0n) is 5.62. The summed E-state index contributed by atoms with van der Waals surface area (Å²) in [6, 6.07) is 1.04. The van der Waals surface area contributed by atoms with E-state index in [1.165, 1.54) is 0 Å². The van der Waals surface area contributed by atoms with Crippen LogP contribution in [0.1, 0.15) is 10.4 Å². The second-order valence-corrected chi connectivity index (χ2v) is 3.18. The lowest BCUT2D eigenvalue weighted by Crippen LogP contribution is -1.94. The predicted molar refractivity (Wildman–Crippen MR) is 40.8 cm³/mol. The number of hydrogen-bond acceptors (Lipinski definition) is 0. The van der Waals surface area contributed by atoms with Gasteiger partial charge >= 0.3 is 0 Å². The lowest BCUT2D eigenvalue weighted by molar-refractivity contribution is 0.491. The first kappa shape index (κ1) is 9.68. The Hall–Kier alpha value is -0.410. The van der Waals surface area contributed by atoms with Crippen LogP contribution in [0.3, 0.4) is 0 Å². The van der Waals surface area contributed by atoms with Gasteiger partial charge in [0.1, 0.15) is 10.7 Å². The summed E-state index contributed by atoms with van der Waals surface area (Å²) in [6.07, 6.45) is 0. The standard InChI is InChI=1S/C7H3Cl2F3/c8-7(9)3-1-5(11)6(12)2-4(3)10/h1-2,7H. The SMILES string of the molecule is Fc1cc(F)c(C(Cl)Cl)cc1F. The predicted octanol–water partition coefficient (Wildman–Crippen LogP) is 3.58. The molecule has 0 atom stereocenters. The van der Waals surface area contributed by atoms with E-state index in [-0.39, 0.29) is 5.56 Å². The van der Waals surface area contributed by atoms with Crippen LogP contribution in [0.4, 0.5) is 13.2 Å². The molecular weight excluding hydrogens is 212 g/mol. The van der Waals surface area contributed by atoms with E-state index < -0.39 is 22.3 Å². The highest BCUT2D eigenvalue weighted by Crippen LogP contribution is 2.28. The van der Waals surface area contributed by atoms with E-state index in [9.17, 15) is 13.2 Å². The number of halogens is 5. The number of benzene rings is 1. The summed E-state index contributed by atoms with van der Waals surface area (Å²) < 4.78 is 37.5. The molecule has 0 aliphatic rings. The molecule has 12 heavy (non-hydrogen) atoms. The summed E-state index contributed by atoms with van der Waals surface area (Å²) >= 11 is 10.5. The molecule has 0 bridgehead atoms. The quantitative estimate of drug-likeness (QED) is 0.496. The van der Waals surface area contributed by atoms with Gasteiger partial charge in [0.25, 0.3) is 0 Å². The van der Waals surface area contributed by atoms with Gasteiger partial charge in [0.15, 0.2) is 11.6 Å². The van der Waals surface area contributed by atoms with E-state index in [4.69, 9.17) is 23.2 Å². The molecule has 0 N–H and O–H groups in total. The van der Waals surface area contributed by atoms with Crippen LogP contribution in [0.2, 0.25) is 0 Å². The summed E-state index contributed by atoms with van der Waals surface area (Å²) in [7, 11) is 0. The van der Waals surface area contributed by atoms with Crippen LogP contribution in [0.5, 0.6) is 0 Å². The van der Waals surface area contributed by atoms with E-state index in [0.717, 1.165) is 0 Å². The summed E-state index contributed by atoms with van der Waals surface area (Å²) in [5.41, 5.74) is -0.266. The van der Waals surface area contributed by atoms with Gasteiger partial charge in [0.05, 0.1) is 0 Å². The second kappa shape index (κ2) is 3.54. The van der Waals surface area contributed by atoms with Crippen molar-refractivity contribution in [2.24, 2.45) is 0 Å². The van der Waals surface area contributed by atoms with E-state index in [1.807, 2.05) is 0 Å². The van der Waals surface area contributed by atoms with Crippen LogP contribution in [0.25, 0.3) is 0 Å². The van der Waals surface area contributed by atoms with Crippen molar-refractivity contribution in [3.8, 4) is 0 Å². The van der Waals surface area contributed by atoms with Gasteiger partial charge in [-0.25, -0.2) is 13.2 Å². The molecule has 0 aromatic heterocycles. The first-order valence-electron chi connectivity index (χ1n) is 2.95. The van der Waals surface area contributed by atoms with Crippen molar-refractivity contribution in [1.29, 1.82) is 0 Å². The average molecular weight is 215 g/mol. The zero-order chi connectivity index (χ0) is 9.30. The first-order chi connectivity index (χ1) is 5.52. The Kier molecular flexibility index (Phi) is 2.85. The number of rotatable bonds is 1. The molecule has 0 heterocycles. The van der Waals surface area contributed by atoms with E-state index in [2.05, 4.69) is 0 Å². The second-order valence-electron chi connectivity index (χ2n) is 2.09. The van der Waals surface area contributed by atoms with Gasteiger partial charge < -0.3 is 0 Å². The van der Waals surface area contributed by atoms with Gasteiger partial charge in [-0.3, -0.25) is 0 Å². The molecule has 0 saturated heterocycles. The molecule has 0 nitrogen and oxygen atoms in total. The van der Waals surface area contributed by atoms with Crippen molar-refractivity contribution in [3.05, 3.63) is 35.1 Å². The van der Waals surface area contributed by atoms with E-state index in [1.54, 1.807) is 0 Å². The lowest BCUT2D eigenvalue weighted by atomic mass is 10.2. The Bertz CT molecular complexity index is 299.